The summed E-state index contributed by atoms with van der Waals surface area (Å²) in [5, 5.41) is 12.2. The predicted molar refractivity (Wildman–Crippen MR) is 137 cm³/mol. The minimum absolute atomic E-state index is 0.634. The van der Waals surface area contributed by atoms with Gasteiger partial charge < -0.3 is 10.8 Å². The Labute approximate surface area is 193 Å². The van der Waals surface area contributed by atoms with Crippen molar-refractivity contribution in [1.82, 2.24) is 5.32 Å². The zero-order valence-electron chi connectivity index (χ0n) is 21.4. The molecule has 0 fully saturated rings. The van der Waals surface area contributed by atoms with Crippen molar-refractivity contribution in [3.05, 3.63) is 36.6 Å². The van der Waals surface area contributed by atoms with E-state index in [1.807, 2.05) is 39.8 Å². The Balaban J connectivity index is -0.000000655. The fourth-order valence-electron chi connectivity index (χ4n) is 2.81. The quantitative estimate of drug-likeness (QED) is 0.120. The molecule has 4 N–H and O–H groups in total. The minimum atomic E-state index is -0.908. The molecule has 0 saturated carbocycles. The second-order valence-electron chi connectivity index (χ2n) is 8.06. The molecule has 0 aliphatic rings. The number of nitrogens with two attached hydrogens (primary N) is 1. The topological polar surface area (TPSA) is 58.3 Å². The number of rotatable bonds is 14. The standard InChI is InChI=1S/C18H30N2O.C7H15F.C2H6/c1-5-17(19)12-10-8-7-9-11-16(15(3)4)13-14-20-18(21)6-2;1-4-6-7(3,8)5-2;1-2/h2,5,8,10,12,15-16,18,20-21H,1,7,9,11,13-14,19H2,3-4H3;4-6H2,1-3H3;1-2H3/b10-8-,17-12-;;. The molecule has 0 rings (SSSR count). The highest BCUT2D eigenvalue weighted by Crippen LogP contribution is 2.22. The molecule has 0 spiro atoms. The number of unbranched alkanes of at least 4 members (excludes halogenated alkanes) is 1. The Bertz CT molecular complexity index is 504. The van der Waals surface area contributed by atoms with E-state index in [0.717, 1.165) is 32.2 Å². The predicted octanol–water partition coefficient (Wildman–Crippen LogP) is 6.90. The summed E-state index contributed by atoms with van der Waals surface area (Å²) in [7, 11) is 0. The van der Waals surface area contributed by atoms with E-state index in [0.29, 0.717) is 30.4 Å². The fraction of sp³-hybridized carbons (Fsp3) is 0.704. The third-order valence-electron chi connectivity index (χ3n) is 5.07. The van der Waals surface area contributed by atoms with E-state index in [4.69, 9.17) is 12.2 Å². The summed E-state index contributed by atoms with van der Waals surface area (Å²) < 4.78 is 12.8. The van der Waals surface area contributed by atoms with Gasteiger partial charge in [0, 0.05) is 5.70 Å². The molecule has 4 heteroatoms. The average Bonchev–Trinajstić information content (AvgIpc) is 2.75. The second kappa shape index (κ2) is 23.1. The largest absolute Gasteiger partial charge is 0.399 e. The van der Waals surface area contributed by atoms with Crippen molar-refractivity contribution < 1.29 is 9.50 Å². The van der Waals surface area contributed by atoms with Gasteiger partial charge in [0.15, 0.2) is 6.23 Å². The van der Waals surface area contributed by atoms with Crippen molar-refractivity contribution in [2.45, 2.75) is 105 Å². The highest BCUT2D eigenvalue weighted by atomic mass is 19.1. The van der Waals surface area contributed by atoms with Crippen LogP contribution in [0.4, 0.5) is 4.39 Å². The Morgan fingerprint density at radius 1 is 1.29 bits per heavy atom. The zero-order chi connectivity index (χ0) is 24.7. The van der Waals surface area contributed by atoms with E-state index in [-0.39, 0.29) is 0 Å². The highest BCUT2D eigenvalue weighted by Gasteiger charge is 2.17. The number of allylic oxidation sites excluding steroid dienone is 4. The van der Waals surface area contributed by atoms with Crippen molar-refractivity contribution in [2.24, 2.45) is 17.6 Å². The van der Waals surface area contributed by atoms with Gasteiger partial charge in [0.25, 0.3) is 0 Å². The van der Waals surface area contributed by atoms with Gasteiger partial charge in [-0.3, -0.25) is 5.32 Å². The Morgan fingerprint density at radius 2 is 1.90 bits per heavy atom. The first-order valence-electron chi connectivity index (χ1n) is 11.9. The Morgan fingerprint density at radius 3 is 2.32 bits per heavy atom. The number of nitrogens with one attached hydrogen (secondary N) is 1. The van der Waals surface area contributed by atoms with Crippen LogP contribution in [0.15, 0.2) is 36.6 Å². The SMILES string of the molecule is C#CC(O)NCCC(CCC/C=C\C=C(/N)C=C)C(C)C.CC.CCCC(C)(F)CC. The molecule has 0 saturated heterocycles. The zero-order valence-corrected chi connectivity index (χ0v) is 21.4. The molecule has 0 radical (unpaired) electrons. The number of aliphatic hydroxyl groups excluding tert-OH is 1. The summed E-state index contributed by atoms with van der Waals surface area (Å²) in [6.07, 6.45) is 18.6. The van der Waals surface area contributed by atoms with E-state index in [1.165, 1.54) is 6.42 Å². The van der Waals surface area contributed by atoms with Gasteiger partial charge in [-0.05, 0) is 76.0 Å². The summed E-state index contributed by atoms with van der Waals surface area (Å²) >= 11 is 0. The maximum Gasteiger partial charge on any atom is 0.168 e. The van der Waals surface area contributed by atoms with Crippen LogP contribution in [0.3, 0.4) is 0 Å². The average molecular weight is 439 g/mol. The van der Waals surface area contributed by atoms with E-state index in [2.05, 4.69) is 37.7 Å². The van der Waals surface area contributed by atoms with Crippen LogP contribution in [0, 0.1) is 24.2 Å². The molecule has 0 aromatic carbocycles. The van der Waals surface area contributed by atoms with Crippen LogP contribution < -0.4 is 11.1 Å². The van der Waals surface area contributed by atoms with Crippen molar-refractivity contribution in [3.8, 4) is 12.3 Å². The summed E-state index contributed by atoms with van der Waals surface area (Å²) in [6, 6.07) is 0. The van der Waals surface area contributed by atoms with Gasteiger partial charge in [-0.15, -0.1) is 6.42 Å². The molecule has 3 unspecified atom stereocenters. The van der Waals surface area contributed by atoms with Crippen molar-refractivity contribution in [2.75, 3.05) is 6.54 Å². The molecular formula is C27H51FN2O. The molecular weight excluding hydrogens is 387 g/mol. The van der Waals surface area contributed by atoms with Gasteiger partial charge in [-0.1, -0.05) is 72.6 Å². The molecule has 3 nitrogen and oxygen atoms in total. The molecule has 0 aliphatic heterocycles. The number of hydrogen-bond donors (Lipinski definition) is 3. The lowest BCUT2D eigenvalue weighted by Crippen LogP contribution is -2.29. The molecule has 0 aliphatic carbocycles. The van der Waals surface area contributed by atoms with Crippen molar-refractivity contribution >= 4 is 0 Å². The van der Waals surface area contributed by atoms with Gasteiger partial charge in [0.1, 0.15) is 5.67 Å². The lowest BCUT2D eigenvalue weighted by atomic mass is 9.87. The molecule has 0 aromatic rings. The minimum Gasteiger partial charge on any atom is -0.399 e. The number of terminal acetylenes is 1. The number of aliphatic hydroxyl groups is 1. The first kappa shape index (κ1) is 34.1. The van der Waals surface area contributed by atoms with E-state index < -0.39 is 11.9 Å². The molecule has 3 atom stereocenters. The van der Waals surface area contributed by atoms with Gasteiger partial charge in [0.2, 0.25) is 0 Å². The van der Waals surface area contributed by atoms with Gasteiger partial charge in [-0.2, -0.15) is 0 Å². The third kappa shape index (κ3) is 24.6. The molecule has 0 bridgehead atoms. The summed E-state index contributed by atoms with van der Waals surface area (Å²) in [6.45, 7) is 18.4. The van der Waals surface area contributed by atoms with Gasteiger partial charge in [-0.25, -0.2) is 4.39 Å². The maximum absolute atomic E-state index is 12.8. The van der Waals surface area contributed by atoms with Crippen LogP contribution in [0.2, 0.25) is 0 Å². The molecule has 0 heterocycles. The summed E-state index contributed by atoms with van der Waals surface area (Å²) in [5.74, 6) is 3.54. The highest BCUT2D eigenvalue weighted by molar-refractivity contribution is 5.18. The Kier molecular flexibility index (Phi) is 25.4. The normalized spacial score (nSPS) is 15.1. The second-order valence-corrected chi connectivity index (χ2v) is 8.06. The molecule has 182 valence electrons. The van der Waals surface area contributed by atoms with E-state index >= 15 is 0 Å². The maximum atomic E-state index is 12.8. The van der Waals surface area contributed by atoms with E-state index in [9.17, 15) is 9.50 Å². The van der Waals surface area contributed by atoms with Crippen LogP contribution in [-0.4, -0.2) is 23.5 Å². The van der Waals surface area contributed by atoms with Crippen LogP contribution in [0.5, 0.6) is 0 Å². The summed E-state index contributed by atoms with van der Waals surface area (Å²) in [4.78, 5) is 0. The Hall–Kier alpha value is -1.57. The smallest absolute Gasteiger partial charge is 0.168 e. The van der Waals surface area contributed by atoms with Gasteiger partial charge in [0.05, 0.1) is 0 Å². The number of alkyl halides is 1. The summed E-state index contributed by atoms with van der Waals surface area (Å²) in [5.41, 5.74) is 5.39. The lowest BCUT2D eigenvalue weighted by molar-refractivity contribution is 0.167. The van der Waals surface area contributed by atoms with Crippen LogP contribution in [-0.2, 0) is 0 Å². The third-order valence-corrected chi connectivity index (χ3v) is 5.07. The van der Waals surface area contributed by atoms with Crippen molar-refractivity contribution in [1.29, 1.82) is 0 Å². The van der Waals surface area contributed by atoms with Gasteiger partial charge >= 0.3 is 0 Å². The van der Waals surface area contributed by atoms with Crippen molar-refractivity contribution in [3.63, 3.8) is 0 Å². The van der Waals surface area contributed by atoms with Crippen LogP contribution in [0.1, 0.15) is 93.4 Å². The van der Waals surface area contributed by atoms with Crippen LogP contribution >= 0.6 is 0 Å². The molecule has 0 amide bonds. The van der Waals surface area contributed by atoms with E-state index in [1.54, 1.807) is 13.0 Å². The number of hydrogen-bond acceptors (Lipinski definition) is 3. The molecule has 0 aromatic heterocycles. The first-order chi connectivity index (χ1) is 14.6. The monoisotopic (exact) mass is 438 g/mol. The molecule has 31 heavy (non-hydrogen) atoms. The number of halogens is 1. The first-order valence-corrected chi connectivity index (χ1v) is 11.9. The fourth-order valence-corrected chi connectivity index (χ4v) is 2.81. The lowest BCUT2D eigenvalue weighted by Gasteiger charge is -2.21. The van der Waals surface area contributed by atoms with Crippen LogP contribution in [0.25, 0.3) is 0 Å².